The molecule has 1 aromatic carbocycles. The van der Waals surface area contributed by atoms with Crippen molar-refractivity contribution in [3.63, 3.8) is 0 Å². The van der Waals surface area contributed by atoms with E-state index < -0.39 is 0 Å². The highest BCUT2D eigenvalue weighted by Gasteiger charge is 2.31. The Morgan fingerprint density at radius 3 is 2.53 bits per heavy atom. The third-order valence-corrected chi connectivity index (χ3v) is 6.63. The monoisotopic (exact) mass is 569 g/mol. The first-order valence-electron chi connectivity index (χ1n) is 11.2. The van der Waals surface area contributed by atoms with Crippen molar-refractivity contribution in [1.82, 2.24) is 20.9 Å². The number of amides is 1. The Hall–Kier alpha value is -1.65. The summed E-state index contributed by atoms with van der Waals surface area (Å²) in [5, 5.41) is 11.9. The molecule has 0 saturated carbocycles. The molecule has 0 bridgehead atoms. The van der Waals surface area contributed by atoms with E-state index in [1.165, 1.54) is 17.7 Å². The number of rotatable bonds is 8. The molecule has 6 nitrogen and oxygen atoms in total. The average molecular weight is 570 g/mol. The fourth-order valence-corrected chi connectivity index (χ4v) is 5.13. The summed E-state index contributed by atoms with van der Waals surface area (Å²) < 4.78 is 0. The summed E-state index contributed by atoms with van der Waals surface area (Å²) in [5.74, 6) is 1.36. The zero-order valence-electron chi connectivity index (χ0n) is 19.3. The molecule has 1 fully saturated rings. The van der Waals surface area contributed by atoms with E-state index in [0.29, 0.717) is 30.6 Å². The number of likely N-dealkylation sites (tertiary alicyclic amines) is 1. The summed E-state index contributed by atoms with van der Waals surface area (Å²) in [6.45, 7) is 8.08. The van der Waals surface area contributed by atoms with Crippen molar-refractivity contribution in [2.75, 3.05) is 33.2 Å². The second-order valence-electron chi connectivity index (χ2n) is 7.98. The van der Waals surface area contributed by atoms with Gasteiger partial charge in [0, 0.05) is 36.1 Å². The molecular formula is C24H36IN5OS. The van der Waals surface area contributed by atoms with Gasteiger partial charge >= 0.3 is 0 Å². The number of carbonyl (C=O) groups excluding carboxylic acids is 1. The normalized spacial score (nSPS) is 19.2. The van der Waals surface area contributed by atoms with Crippen molar-refractivity contribution in [1.29, 1.82) is 0 Å². The van der Waals surface area contributed by atoms with Crippen LogP contribution < -0.4 is 16.0 Å². The number of thiophene rings is 1. The van der Waals surface area contributed by atoms with Crippen LogP contribution in [-0.4, -0.2) is 50.0 Å². The first kappa shape index (κ1) is 26.6. The Balaban J connectivity index is 0.00000363. The zero-order chi connectivity index (χ0) is 22.1. The lowest BCUT2D eigenvalue weighted by Crippen LogP contribution is -2.44. The number of aliphatic imine (C=N–C) groups is 1. The molecule has 8 heteroatoms. The summed E-state index contributed by atoms with van der Waals surface area (Å²) in [7, 11) is 2.24. The molecular weight excluding hydrogens is 533 g/mol. The minimum atomic E-state index is -0.0368. The van der Waals surface area contributed by atoms with Crippen LogP contribution >= 0.6 is 35.3 Å². The van der Waals surface area contributed by atoms with Crippen molar-refractivity contribution >= 4 is 47.2 Å². The van der Waals surface area contributed by atoms with Crippen LogP contribution in [0.2, 0.25) is 0 Å². The summed E-state index contributed by atoms with van der Waals surface area (Å²) in [5.41, 5.74) is 1.76. The lowest BCUT2D eigenvalue weighted by atomic mass is 9.88. The highest BCUT2D eigenvalue weighted by Crippen LogP contribution is 2.36. The van der Waals surface area contributed by atoms with E-state index in [1.54, 1.807) is 0 Å². The van der Waals surface area contributed by atoms with Crippen LogP contribution in [0.1, 0.15) is 53.5 Å². The maximum Gasteiger partial charge on any atom is 0.251 e. The number of piperidine rings is 1. The number of carbonyl (C=O) groups is 1. The largest absolute Gasteiger partial charge is 0.357 e. The summed E-state index contributed by atoms with van der Waals surface area (Å²) in [6, 6.07) is 12.5. The van der Waals surface area contributed by atoms with E-state index >= 15 is 0 Å². The predicted molar refractivity (Wildman–Crippen MR) is 145 cm³/mol. The minimum absolute atomic E-state index is 0. The lowest BCUT2D eigenvalue weighted by Gasteiger charge is -2.39. The van der Waals surface area contributed by atoms with Gasteiger partial charge in [0.05, 0.1) is 6.54 Å². The van der Waals surface area contributed by atoms with E-state index in [1.807, 2.05) is 42.5 Å². The highest BCUT2D eigenvalue weighted by atomic mass is 127. The number of halogens is 1. The van der Waals surface area contributed by atoms with E-state index in [2.05, 4.69) is 52.3 Å². The van der Waals surface area contributed by atoms with Gasteiger partial charge in [-0.2, -0.15) is 0 Å². The van der Waals surface area contributed by atoms with Crippen LogP contribution in [0.15, 0.2) is 46.8 Å². The number of hydrogen-bond donors (Lipinski definition) is 3. The van der Waals surface area contributed by atoms with Crippen LogP contribution in [-0.2, 0) is 6.54 Å². The number of hydrogen-bond acceptors (Lipinski definition) is 4. The number of nitrogens with zero attached hydrogens (tertiary/aromatic N) is 2. The SMILES string of the molecule is CCNC(=O)c1ccc(CN=C(NCC)NCC2CCCN(C)C2c2cccs2)cc1.I. The van der Waals surface area contributed by atoms with E-state index in [-0.39, 0.29) is 29.9 Å². The van der Waals surface area contributed by atoms with Crippen molar-refractivity contribution in [2.45, 2.75) is 39.3 Å². The van der Waals surface area contributed by atoms with Gasteiger partial charge < -0.3 is 16.0 Å². The maximum absolute atomic E-state index is 11.9. The van der Waals surface area contributed by atoms with Crippen molar-refractivity contribution in [3.8, 4) is 0 Å². The lowest BCUT2D eigenvalue weighted by molar-refractivity contribution is 0.0956. The quantitative estimate of drug-likeness (QED) is 0.253. The third-order valence-electron chi connectivity index (χ3n) is 5.69. The second kappa shape index (κ2) is 13.8. The van der Waals surface area contributed by atoms with Gasteiger partial charge in [0.2, 0.25) is 0 Å². The van der Waals surface area contributed by atoms with Crippen LogP contribution in [0.4, 0.5) is 0 Å². The van der Waals surface area contributed by atoms with Crippen molar-refractivity contribution in [2.24, 2.45) is 10.9 Å². The molecule has 32 heavy (non-hydrogen) atoms. The molecule has 1 aromatic heterocycles. The summed E-state index contributed by atoms with van der Waals surface area (Å²) >= 11 is 1.85. The van der Waals surface area contributed by atoms with E-state index in [4.69, 9.17) is 4.99 Å². The molecule has 3 rings (SSSR count). The summed E-state index contributed by atoms with van der Waals surface area (Å²) in [6.07, 6.45) is 2.46. The van der Waals surface area contributed by atoms with Crippen molar-refractivity contribution in [3.05, 3.63) is 57.8 Å². The van der Waals surface area contributed by atoms with Gasteiger partial charge in [-0.25, -0.2) is 4.99 Å². The molecule has 0 radical (unpaired) electrons. The fourth-order valence-electron chi connectivity index (χ4n) is 4.15. The molecule has 1 aliphatic rings. The van der Waals surface area contributed by atoms with E-state index in [9.17, 15) is 4.79 Å². The molecule has 2 unspecified atom stereocenters. The Morgan fingerprint density at radius 1 is 1.12 bits per heavy atom. The minimum Gasteiger partial charge on any atom is -0.357 e. The zero-order valence-corrected chi connectivity index (χ0v) is 22.4. The van der Waals surface area contributed by atoms with E-state index in [0.717, 1.165) is 31.2 Å². The Morgan fingerprint density at radius 2 is 1.88 bits per heavy atom. The van der Waals surface area contributed by atoms with Gasteiger partial charge in [0.25, 0.3) is 5.91 Å². The number of nitrogens with one attached hydrogen (secondary N) is 3. The molecule has 2 atom stereocenters. The molecule has 2 aromatic rings. The van der Waals surface area contributed by atoms with Crippen LogP contribution in [0.5, 0.6) is 0 Å². The smallest absolute Gasteiger partial charge is 0.251 e. The molecule has 1 amide bonds. The molecule has 0 spiro atoms. The topological polar surface area (TPSA) is 68.8 Å². The molecule has 0 aliphatic carbocycles. The van der Waals surface area contributed by atoms with Gasteiger partial charge in [-0.05, 0) is 75.3 Å². The van der Waals surface area contributed by atoms with Crippen LogP contribution in [0, 0.1) is 5.92 Å². The third kappa shape index (κ3) is 7.45. The van der Waals surface area contributed by atoms with Crippen molar-refractivity contribution < 1.29 is 4.79 Å². The Labute approximate surface area is 213 Å². The van der Waals surface area contributed by atoms with Crippen LogP contribution in [0.3, 0.4) is 0 Å². The Kier molecular flexibility index (Phi) is 11.5. The second-order valence-corrected chi connectivity index (χ2v) is 8.95. The van der Waals surface area contributed by atoms with Gasteiger partial charge in [0.15, 0.2) is 5.96 Å². The average Bonchev–Trinajstić information content (AvgIpc) is 3.30. The predicted octanol–water partition coefficient (Wildman–Crippen LogP) is 4.25. The molecule has 2 heterocycles. The molecule has 176 valence electrons. The maximum atomic E-state index is 11.9. The van der Waals surface area contributed by atoms with Gasteiger partial charge in [-0.1, -0.05) is 18.2 Å². The first-order chi connectivity index (χ1) is 15.1. The van der Waals surface area contributed by atoms with Gasteiger partial charge in [-0.3, -0.25) is 9.69 Å². The standard InChI is InChI=1S/C24H35N5OS.HI/c1-4-25-23(30)19-12-10-18(11-13-19)16-27-24(26-5-2)28-17-20-8-6-14-29(3)22(20)21-9-7-15-31-21;/h7,9-13,15,20,22H,4-6,8,14,16-17H2,1-3H3,(H,25,30)(H2,26,27,28);1H. The highest BCUT2D eigenvalue weighted by molar-refractivity contribution is 14.0. The van der Waals surface area contributed by atoms with Gasteiger partial charge in [0.1, 0.15) is 0 Å². The number of guanidine groups is 1. The Bertz CT molecular complexity index is 841. The van der Waals surface area contributed by atoms with Crippen LogP contribution in [0.25, 0.3) is 0 Å². The first-order valence-corrected chi connectivity index (χ1v) is 12.1. The molecule has 3 N–H and O–H groups in total. The number of benzene rings is 1. The summed E-state index contributed by atoms with van der Waals surface area (Å²) in [4.78, 5) is 20.6. The molecule has 1 saturated heterocycles. The molecule has 1 aliphatic heterocycles. The van der Waals surface area contributed by atoms with Gasteiger partial charge in [-0.15, -0.1) is 35.3 Å². The fraction of sp³-hybridized carbons (Fsp3) is 0.500.